The number of piperidine rings is 1. The van der Waals surface area contributed by atoms with E-state index in [1.54, 1.807) is 24.3 Å². The number of hydrogen-bond acceptors (Lipinski definition) is 7. The second-order valence-corrected chi connectivity index (χ2v) is 9.94. The Kier molecular flexibility index (Phi) is 7.18. The lowest BCUT2D eigenvalue weighted by Gasteiger charge is -2.53. The Morgan fingerprint density at radius 3 is 2.50 bits per heavy atom. The largest absolute Gasteiger partial charge is 0.394 e. The van der Waals surface area contributed by atoms with Gasteiger partial charge < -0.3 is 25.0 Å². The number of carbonyl (C=O) groups excluding carboxylic acids is 1. The average molecular weight is 553 g/mol. The minimum Gasteiger partial charge on any atom is -0.394 e. The first-order valence-electron chi connectivity index (χ1n) is 11.9. The highest BCUT2D eigenvalue weighted by molar-refractivity contribution is 6.30. The summed E-state index contributed by atoms with van der Waals surface area (Å²) >= 11 is 5.93. The average Bonchev–Trinajstić information content (AvgIpc) is 3.39. The number of amides is 1. The highest BCUT2D eigenvalue weighted by Gasteiger charge is 2.56. The third-order valence-electron chi connectivity index (χ3n) is 7.12. The van der Waals surface area contributed by atoms with E-state index in [2.05, 4.69) is 10.3 Å². The lowest BCUT2D eigenvalue weighted by atomic mass is 9.78. The number of aliphatic hydroxyl groups excluding tert-OH is 3. The van der Waals surface area contributed by atoms with Gasteiger partial charge in [0.1, 0.15) is 35.6 Å². The van der Waals surface area contributed by atoms with Crippen LogP contribution in [0, 0.1) is 17.5 Å². The molecule has 5 atom stereocenters. The van der Waals surface area contributed by atoms with Gasteiger partial charge in [-0.3, -0.25) is 4.79 Å². The van der Waals surface area contributed by atoms with Gasteiger partial charge in [-0.2, -0.15) is 0 Å². The molecule has 1 aromatic heterocycles. The molecule has 2 fully saturated rings. The van der Waals surface area contributed by atoms with Crippen LogP contribution in [0.15, 0.2) is 42.6 Å². The van der Waals surface area contributed by atoms with Crippen LogP contribution >= 0.6 is 11.6 Å². The van der Waals surface area contributed by atoms with E-state index in [0.29, 0.717) is 30.0 Å². The molecule has 2 aromatic carbocycles. The van der Waals surface area contributed by atoms with E-state index in [1.165, 1.54) is 11.1 Å². The summed E-state index contributed by atoms with van der Waals surface area (Å²) in [5, 5.41) is 40.7. The molecule has 13 heteroatoms. The van der Waals surface area contributed by atoms with E-state index < -0.39 is 54.0 Å². The SMILES string of the molecule is O=C(c1ccc(Cl)cc1)N1CCC[C@]2(C1)O[C@H](CO)[C@H](O)[C@H](n1cc(-c3cc(F)c(F)c(F)c3)nn1)[C@H]2O. The predicted octanol–water partition coefficient (Wildman–Crippen LogP) is 2.34. The van der Waals surface area contributed by atoms with Gasteiger partial charge in [-0.05, 0) is 49.2 Å². The number of aliphatic hydroxyl groups is 3. The molecular weight excluding hydrogens is 529 g/mol. The van der Waals surface area contributed by atoms with E-state index in [9.17, 15) is 33.3 Å². The molecule has 2 saturated heterocycles. The van der Waals surface area contributed by atoms with Crippen molar-refractivity contribution in [3.05, 3.63) is 70.6 Å². The topological polar surface area (TPSA) is 121 Å². The molecule has 0 aliphatic carbocycles. The predicted molar refractivity (Wildman–Crippen MR) is 128 cm³/mol. The normalized spacial score (nSPS) is 27.6. The number of benzene rings is 2. The Bertz CT molecular complexity index is 1320. The smallest absolute Gasteiger partial charge is 0.253 e. The molecule has 5 rings (SSSR count). The molecule has 2 aliphatic heterocycles. The fourth-order valence-electron chi connectivity index (χ4n) is 5.20. The van der Waals surface area contributed by atoms with Gasteiger partial charge in [-0.15, -0.1) is 5.10 Å². The summed E-state index contributed by atoms with van der Waals surface area (Å²) in [6.45, 7) is -0.232. The molecule has 0 saturated carbocycles. The maximum absolute atomic E-state index is 13.8. The van der Waals surface area contributed by atoms with Gasteiger partial charge in [0.2, 0.25) is 0 Å². The molecule has 0 bridgehead atoms. The first-order chi connectivity index (χ1) is 18.1. The minimum atomic E-state index is -1.63. The molecule has 1 amide bonds. The molecule has 0 radical (unpaired) electrons. The number of halogens is 4. The van der Waals surface area contributed by atoms with Crippen LogP contribution in [0.1, 0.15) is 29.2 Å². The third-order valence-corrected chi connectivity index (χ3v) is 7.37. The summed E-state index contributed by atoms with van der Waals surface area (Å²) < 4.78 is 48.1. The van der Waals surface area contributed by atoms with Crippen molar-refractivity contribution in [3.63, 3.8) is 0 Å². The molecule has 202 valence electrons. The first kappa shape index (κ1) is 26.6. The standard InChI is InChI=1S/C25H24ClF3N4O5/c26-15-4-2-13(3-5-15)24(37)32-7-1-6-25(12-32)23(36)21(22(35)19(11-34)38-25)33-10-18(30-31-33)14-8-16(27)20(29)17(28)9-14/h2-5,8-10,19,21-23,34-36H,1,6-7,11-12H2/t19-,21+,22+,23-,25-/m1/s1. The molecule has 3 aromatic rings. The molecule has 1 spiro atoms. The van der Waals surface area contributed by atoms with Crippen molar-refractivity contribution in [2.45, 2.75) is 42.8 Å². The third kappa shape index (κ3) is 4.67. The number of nitrogens with zero attached hydrogens (tertiary/aromatic N) is 4. The van der Waals surface area contributed by atoms with Gasteiger partial charge in [0.05, 0.1) is 19.3 Å². The van der Waals surface area contributed by atoms with Crippen molar-refractivity contribution >= 4 is 17.5 Å². The summed E-state index contributed by atoms with van der Waals surface area (Å²) in [5.41, 5.74) is -1.11. The fraction of sp³-hybridized carbons (Fsp3) is 0.400. The zero-order valence-electron chi connectivity index (χ0n) is 19.8. The van der Waals surface area contributed by atoms with Gasteiger partial charge in [0.15, 0.2) is 17.5 Å². The Balaban J connectivity index is 1.45. The molecule has 2 aliphatic rings. The van der Waals surface area contributed by atoms with Crippen molar-refractivity contribution < 1.29 is 38.0 Å². The highest BCUT2D eigenvalue weighted by Crippen LogP contribution is 2.42. The zero-order valence-corrected chi connectivity index (χ0v) is 20.6. The zero-order chi connectivity index (χ0) is 27.2. The van der Waals surface area contributed by atoms with Crippen molar-refractivity contribution in [2.75, 3.05) is 19.7 Å². The van der Waals surface area contributed by atoms with Gasteiger partial charge in [0.25, 0.3) is 5.91 Å². The van der Waals surface area contributed by atoms with Gasteiger partial charge in [-0.25, -0.2) is 17.9 Å². The van der Waals surface area contributed by atoms with Crippen LogP contribution in [-0.4, -0.2) is 84.7 Å². The number of carbonyl (C=O) groups is 1. The fourth-order valence-corrected chi connectivity index (χ4v) is 5.33. The van der Waals surface area contributed by atoms with Crippen LogP contribution in [0.2, 0.25) is 5.02 Å². The van der Waals surface area contributed by atoms with Crippen molar-refractivity contribution in [1.29, 1.82) is 0 Å². The van der Waals surface area contributed by atoms with Crippen LogP contribution in [0.25, 0.3) is 11.3 Å². The Hall–Kier alpha value is -3.03. The van der Waals surface area contributed by atoms with Crippen molar-refractivity contribution in [1.82, 2.24) is 19.9 Å². The Labute approximate surface area is 220 Å². The van der Waals surface area contributed by atoms with Gasteiger partial charge in [0, 0.05) is 22.7 Å². The highest BCUT2D eigenvalue weighted by atomic mass is 35.5. The van der Waals surface area contributed by atoms with Crippen LogP contribution in [0.5, 0.6) is 0 Å². The van der Waals surface area contributed by atoms with E-state index in [1.807, 2.05) is 0 Å². The summed E-state index contributed by atoms with van der Waals surface area (Å²) in [6.07, 6.45) is -1.97. The van der Waals surface area contributed by atoms with Crippen LogP contribution in [0.4, 0.5) is 13.2 Å². The monoisotopic (exact) mass is 552 g/mol. The number of likely N-dealkylation sites (tertiary alicyclic amines) is 1. The Morgan fingerprint density at radius 2 is 1.84 bits per heavy atom. The van der Waals surface area contributed by atoms with E-state index >= 15 is 0 Å². The summed E-state index contributed by atoms with van der Waals surface area (Å²) in [5.74, 6) is -4.75. The molecular formula is C25H24ClF3N4O5. The van der Waals surface area contributed by atoms with E-state index in [4.69, 9.17) is 16.3 Å². The van der Waals surface area contributed by atoms with Gasteiger partial charge in [-0.1, -0.05) is 16.8 Å². The number of aromatic nitrogens is 3. The first-order valence-corrected chi connectivity index (χ1v) is 12.3. The number of rotatable bonds is 4. The molecule has 9 nitrogen and oxygen atoms in total. The lowest BCUT2D eigenvalue weighted by Crippen LogP contribution is -2.68. The van der Waals surface area contributed by atoms with Crippen molar-refractivity contribution in [2.24, 2.45) is 0 Å². The molecule has 3 N–H and O–H groups in total. The maximum atomic E-state index is 13.8. The quantitative estimate of drug-likeness (QED) is 0.425. The second kappa shape index (κ2) is 10.3. The summed E-state index contributed by atoms with van der Waals surface area (Å²) in [4.78, 5) is 14.7. The van der Waals surface area contributed by atoms with Crippen molar-refractivity contribution in [3.8, 4) is 11.3 Å². The summed E-state index contributed by atoms with van der Waals surface area (Å²) in [7, 11) is 0. The summed E-state index contributed by atoms with van der Waals surface area (Å²) in [6, 6.07) is 6.68. The molecule has 0 unspecified atom stereocenters. The van der Waals surface area contributed by atoms with Crippen LogP contribution in [-0.2, 0) is 4.74 Å². The van der Waals surface area contributed by atoms with E-state index in [0.717, 1.165) is 16.8 Å². The van der Waals surface area contributed by atoms with Crippen LogP contribution in [0.3, 0.4) is 0 Å². The molecule has 38 heavy (non-hydrogen) atoms. The minimum absolute atomic E-state index is 0.0357. The second-order valence-electron chi connectivity index (χ2n) is 9.50. The number of ether oxygens (including phenoxy) is 1. The number of hydrogen-bond donors (Lipinski definition) is 3. The Morgan fingerprint density at radius 1 is 1.16 bits per heavy atom. The maximum Gasteiger partial charge on any atom is 0.253 e. The van der Waals surface area contributed by atoms with Crippen LogP contribution < -0.4 is 0 Å². The lowest BCUT2D eigenvalue weighted by molar-refractivity contribution is -0.266. The molecule has 3 heterocycles. The van der Waals surface area contributed by atoms with E-state index in [-0.39, 0.29) is 23.7 Å². The van der Waals surface area contributed by atoms with Gasteiger partial charge >= 0.3 is 0 Å².